The average molecular weight is 282 g/mol. The monoisotopic (exact) mass is 282 g/mol. The third-order valence-corrected chi connectivity index (χ3v) is 4.53. The molecule has 0 saturated heterocycles. The Labute approximate surface area is 125 Å². The highest BCUT2D eigenvalue weighted by Gasteiger charge is 2.36. The number of para-hydroxylation sites is 2. The van der Waals surface area contributed by atoms with Gasteiger partial charge < -0.3 is 4.57 Å². The fraction of sp³-hybridized carbons (Fsp3) is 0.529. The lowest BCUT2D eigenvalue weighted by molar-refractivity contribution is 0.234. The number of aromatic nitrogens is 2. The van der Waals surface area contributed by atoms with Gasteiger partial charge in [-0.3, -0.25) is 5.32 Å². The molecular weight excluding hydrogens is 260 g/mol. The molecule has 0 radical (unpaired) electrons. The van der Waals surface area contributed by atoms with Crippen molar-refractivity contribution in [2.24, 2.45) is 0 Å². The van der Waals surface area contributed by atoms with Crippen molar-refractivity contribution < 1.29 is 0 Å². The second-order valence-electron chi connectivity index (χ2n) is 6.01. The topological polar surface area (TPSA) is 53.6 Å². The van der Waals surface area contributed by atoms with Crippen LogP contribution in [0.3, 0.4) is 0 Å². The molecule has 1 aromatic carbocycles. The Morgan fingerprint density at radius 1 is 1.48 bits per heavy atom. The number of fused-ring (bicyclic) bond motifs is 1. The lowest BCUT2D eigenvalue weighted by Gasteiger charge is -2.37. The Kier molecular flexibility index (Phi) is 3.94. The zero-order valence-electron chi connectivity index (χ0n) is 12.5. The molecule has 21 heavy (non-hydrogen) atoms. The second-order valence-corrected chi connectivity index (χ2v) is 6.01. The number of hydrogen-bond donors (Lipinski definition) is 1. The third-order valence-electron chi connectivity index (χ3n) is 4.53. The van der Waals surface area contributed by atoms with Crippen LogP contribution in [0.5, 0.6) is 0 Å². The standard InChI is InChI=1S/C17H22N4/c1-2-10-20-17(12-18)9-5-6-14(11-17)21-13-19-15-7-3-4-8-16(15)21/h3-4,7-8,13-14,20H,2,5-6,9-11H2,1H3. The first-order chi connectivity index (χ1) is 10.3. The predicted molar refractivity (Wildman–Crippen MR) is 83.9 cm³/mol. The van der Waals surface area contributed by atoms with Gasteiger partial charge in [-0.15, -0.1) is 0 Å². The van der Waals surface area contributed by atoms with Crippen molar-refractivity contribution in [3.8, 4) is 6.07 Å². The van der Waals surface area contributed by atoms with E-state index in [0.29, 0.717) is 6.04 Å². The van der Waals surface area contributed by atoms with Crippen LogP contribution in [0.1, 0.15) is 45.1 Å². The van der Waals surface area contributed by atoms with Gasteiger partial charge in [0, 0.05) is 6.04 Å². The first-order valence-corrected chi connectivity index (χ1v) is 7.86. The Balaban J connectivity index is 1.87. The van der Waals surface area contributed by atoms with E-state index in [2.05, 4.69) is 40.0 Å². The van der Waals surface area contributed by atoms with Gasteiger partial charge in [0.25, 0.3) is 0 Å². The molecule has 110 valence electrons. The van der Waals surface area contributed by atoms with E-state index >= 15 is 0 Å². The number of nitriles is 1. The molecule has 4 heteroatoms. The van der Waals surface area contributed by atoms with Crippen molar-refractivity contribution in [2.45, 2.75) is 50.6 Å². The molecule has 1 saturated carbocycles. The fourth-order valence-electron chi connectivity index (χ4n) is 3.42. The minimum Gasteiger partial charge on any atom is -0.327 e. The van der Waals surface area contributed by atoms with Crippen LogP contribution >= 0.6 is 0 Å². The molecule has 2 aromatic rings. The number of hydrogen-bond acceptors (Lipinski definition) is 3. The summed E-state index contributed by atoms with van der Waals surface area (Å²) in [6.45, 7) is 3.05. The van der Waals surface area contributed by atoms with E-state index in [1.807, 2.05) is 18.5 Å². The molecule has 1 N–H and O–H groups in total. The quantitative estimate of drug-likeness (QED) is 0.935. The minimum atomic E-state index is -0.371. The highest BCUT2D eigenvalue weighted by Crippen LogP contribution is 2.36. The summed E-state index contributed by atoms with van der Waals surface area (Å²) in [4.78, 5) is 4.49. The molecule has 1 aliphatic rings. The molecular formula is C17H22N4. The van der Waals surface area contributed by atoms with E-state index in [1.54, 1.807) is 0 Å². The Bertz CT molecular complexity index is 654. The molecule has 1 aromatic heterocycles. The van der Waals surface area contributed by atoms with E-state index < -0.39 is 0 Å². The van der Waals surface area contributed by atoms with Crippen molar-refractivity contribution in [3.63, 3.8) is 0 Å². The number of nitrogens with one attached hydrogen (secondary N) is 1. The first-order valence-electron chi connectivity index (χ1n) is 7.86. The fourth-order valence-corrected chi connectivity index (χ4v) is 3.42. The minimum absolute atomic E-state index is 0.357. The van der Waals surface area contributed by atoms with E-state index in [4.69, 9.17) is 0 Å². The average Bonchev–Trinajstić information content (AvgIpc) is 2.97. The van der Waals surface area contributed by atoms with Crippen molar-refractivity contribution in [2.75, 3.05) is 6.54 Å². The molecule has 0 bridgehead atoms. The van der Waals surface area contributed by atoms with E-state index in [9.17, 15) is 5.26 Å². The maximum atomic E-state index is 9.66. The molecule has 0 amide bonds. The van der Waals surface area contributed by atoms with Crippen LogP contribution in [-0.4, -0.2) is 21.6 Å². The van der Waals surface area contributed by atoms with Gasteiger partial charge in [0.05, 0.1) is 23.4 Å². The molecule has 0 aliphatic heterocycles. The molecule has 4 nitrogen and oxygen atoms in total. The number of benzene rings is 1. The Morgan fingerprint density at radius 2 is 2.33 bits per heavy atom. The molecule has 0 spiro atoms. The van der Waals surface area contributed by atoms with Crippen molar-refractivity contribution in [1.29, 1.82) is 5.26 Å². The number of rotatable bonds is 4. The highest BCUT2D eigenvalue weighted by atomic mass is 15.1. The predicted octanol–water partition coefficient (Wildman–Crippen LogP) is 3.41. The van der Waals surface area contributed by atoms with Crippen LogP contribution in [0.15, 0.2) is 30.6 Å². The van der Waals surface area contributed by atoms with Crippen LogP contribution in [0.25, 0.3) is 11.0 Å². The summed E-state index contributed by atoms with van der Waals surface area (Å²) in [5.41, 5.74) is 1.84. The van der Waals surface area contributed by atoms with E-state index in [0.717, 1.165) is 44.2 Å². The van der Waals surface area contributed by atoms with Crippen LogP contribution < -0.4 is 5.32 Å². The molecule has 2 unspecified atom stereocenters. The SMILES string of the molecule is CCCNC1(C#N)CCCC(n2cnc3ccccc32)C1. The lowest BCUT2D eigenvalue weighted by Crippen LogP contribution is -2.48. The maximum Gasteiger partial charge on any atom is 0.108 e. The van der Waals surface area contributed by atoms with Gasteiger partial charge in [0.1, 0.15) is 5.54 Å². The van der Waals surface area contributed by atoms with Gasteiger partial charge in [-0.25, -0.2) is 4.98 Å². The normalized spacial score (nSPS) is 25.8. The molecule has 1 fully saturated rings. The van der Waals surface area contributed by atoms with Gasteiger partial charge in [-0.2, -0.15) is 5.26 Å². The molecule has 3 rings (SSSR count). The molecule has 1 heterocycles. The number of imidazole rings is 1. The largest absolute Gasteiger partial charge is 0.327 e. The summed E-state index contributed by atoms with van der Waals surface area (Å²) in [6, 6.07) is 11.1. The van der Waals surface area contributed by atoms with Crippen molar-refractivity contribution in [3.05, 3.63) is 30.6 Å². The molecule has 2 atom stereocenters. The maximum absolute atomic E-state index is 9.66. The summed E-state index contributed by atoms with van der Waals surface area (Å²) in [6.07, 6.45) is 7.01. The van der Waals surface area contributed by atoms with Gasteiger partial charge >= 0.3 is 0 Å². The van der Waals surface area contributed by atoms with Crippen LogP contribution in [0, 0.1) is 11.3 Å². The van der Waals surface area contributed by atoms with E-state index in [-0.39, 0.29) is 5.54 Å². The highest BCUT2D eigenvalue weighted by molar-refractivity contribution is 5.75. The smallest absolute Gasteiger partial charge is 0.108 e. The molecule has 1 aliphatic carbocycles. The summed E-state index contributed by atoms with van der Waals surface area (Å²) in [7, 11) is 0. The van der Waals surface area contributed by atoms with Crippen LogP contribution in [-0.2, 0) is 0 Å². The zero-order chi connectivity index (χ0) is 14.7. The first kappa shape index (κ1) is 14.1. The van der Waals surface area contributed by atoms with Crippen molar-refractivity contribution in [1.82, 2.24) is 14.9 Å². The number of nitrogens with zero attached hydrogens (tertiary/aromatic N) is 3. The lowest BCUT2D eigenvalue weighted by atomic mass is 9.79. The van der Waals surface area contributed by atoms with Gasteiger partial charge in [0.2, 0.25) is 0 Å². The summed E-state index contributed by atoms with van der Waals surface area (Å²) in [5, 5.41) is 13.1. The van der Waals surface area contributed by atoms with Crippen LogP contribution in [0.2, 0.25) is 0 Å². The van der Waals surface area contributed by atoms with Gasteiger partial charge in [0.15, 0.2) is 0 Å². The summed E-state index contributed by atoms with van der Waals surface area (Å²) >= 11 is 0. The summed E-state index contributed by atoms with van der Waals surface area (Å²) < 4.78 is 2.26. The van der Waals surface area contributed by atoms with Gasteiger partial charge in [-0.05, 0) is 50.8 Å². The Hall–Kier alpha value is -1.86. The zero-order valence-corrected chi connectivity index (χ0v) is 12.5. The van der Waals surface area contributed by atoms with Gasteiger partial charge in [-0.1, -0.05) is 19.1 Å². The van der Waals surface area contributed by atoms with Crippen molar-refractivity contribution >= 4 is 11.0 Å². The Morgan fingerprint density at radius 3 is 3.14 bits per heavy atom. The third kappa shape index (κ3) is 2.66. The second kappa shape index (κ2) is 5.87. The van der Waals surface area contributed by atoms with E-state index in [1.165, 1.54) is 5.52 Å². The van der Waals surface area contributed by atoms with Crippen LogP contribution in [0.4, 0.5) is 0 Å². The summed E-state index contributed by atoms with van der Waals surface area (Å²) in [5.74, 6) is 0.